The summed E-state index contributed by atoms with van der Waals surface area (Å²) in [5.74, 6) is 0.482. The minimum Gasteiger partial charge on any atom is -0.348 e. The van der Waals surface area contributed by atoms with Crippen molar-refractivity contribution in [2.45, 2.75) is 26.3 Å². The lowest BCUT2D eigenvalue weighted by molar-refractivity contribution is 0.564. The van der Waals surface area contributed by atoms with Crippen molar-refractivity contribution in [2.75, 3.05) is 5.32 Å². The number of aliphatic imine (C=N–C) groups is 1. The molecule has 1 N–H and O–H groups in total. The molecule has 0 amide bonds. The zero-order valence-electron chi connectivity index (χ0n) is 13.5. The molecule has 0 unspecified atom stereocenters. The van der Waals surface area contributed by atoms with Crippen LogP contribution in [0.25, 0.3) is 0 Å². The highest BCUT2D eigenvalue weighted by Crippen LogP contribution is 2.31. The fourth-order valence-corrected chi connectivity index (χ4v) is 3.45. The molecular formula is C19H18Cl2N2S. The van der Waals surface area contributed by atoms with Crippen LogP contribution in [0.1, 0.15) is 31.4 Å². The van der Waals surface area contributed by atoms with Crippen molar-refractivity contribution in [1.29, 1.82) is 0 Å². The maximum Gasteiger partial charge on any atom is 0.105 e. The fraction of sp³-hybridized carbons (Fsp3) is 0.263. The summed E-state index contributed by atoms with van der Waals surface area (Å²) in [5.41, 5.74) is 3.55. The van der Waals surface area contributed by atoms with E-state index in [0.29, 0.717) is 16.0 Å². The summed E-state index contributed by atoms with van der Waals surface area (Å²) in [6.07, 6.45) is 0.876. The van der Waals surface area contributed by atoms with E-state index in [1.54, 1.807) is 0 Å². The molecule has 1 heterocycles. The molecule has 0 radical (unpaired) electrons. The van der Waals surface area contributed by atoms with Gasteiger partial charge < -0.3 is 5.32 Å². The third-order valence-corrected chi connectivity index (χ3v) is 4.84. The number of halogens is 2. The molecule has 2 aromatic carbocycles. The van der Waals surface area contributed by atoms with Crippen LogP contribution in [0.15, 0.2) is 47.5 Å². The van der Waals surface area contributed by atoms with Crippen LogP contribution in [0.3, 0.4) is 0 Å². The molecule has 0 fully saturated rings. The van der Waals surface area contributed by atoms with E-state index in [1.165, 1.54) is 0 Å². The summed E-state index contributed by atoms with van der Waals surface area (Å²) in [6.45, 7) is 4.34. The second kappa shape index (κ2) is 7.22. The van der Waals surface area contributed by atoms with Gasteiger partial charge in [-0.05, 0) is 36.6 Å². The van der Waals surface area contributed by atoms with Crippen molar-refractivity contribution in [2.24, 2.45) is 10.9 Å². The molecule has 24 heavy (non-hydrogen) atoms. The third-order valence-electron chi connectivity index (χ3n) is 3.91. The Morgan fingerprint density at radius 3 is 2.58 bits per heavy atom. The lowest BCUT2D eigenvalue weighted by Gasteiger charge is -2.15. The van der Waals surface area contributed by atoms with Gasteiger partial charge in [-0.3, -0.25) is 4.99 Å². The number of nitrogens with zero attached hydrogens (tertiary/aromatic N) is 1. The van der Waals surface area contributed by atoms with E-state index in [2.05, 4.69) is 19.2 Å². The summed E-state index contributed by atoms with van der Waals surface area (Å²) in [6, 6.07) is 13.3. The number of hydrogen-bond acceptors (Lipinski definition) is 2. The predicted octanol–water partition coefficient (Wildman–Crippen LogP) is 6.00. The number of fused-ring (bicyclic) bond motifs is 1. The Morgan fingerprint density at radius 2 is 1.88 bits per heavy atom. The number of thiocarbonyl (C=S) groups is 1. The Morgan fingerprint density at radius 1 is 1.12 bits per heavy atom. The average Bonchev–Trinajstić information content (AvgIpc) is 2.65. The molecule has 0 aliphatic carbocycles. The summed E-state index contributed by atoms with van der Waals surface area (Å²) >= 11 is 18.3. The maximum absolute atomic E-state index is 6.44. The minimum absolute atomic E-state index is 0.0857. The third kappa shape index (κ3) is 3.64. The summed E-state index contributed by atoms with van der Waals surface area (Å²) in [4.78, 5) is 5.71. The molecular weight excluding hydrogens is 359 g/mol. The second-order valence-corrected chi connectivity index (χ2v) is 7.57. The lowest BCUT2D eigenvalue weighted by atomic mass is 10.00. The summed E-state index contributed by atoms with van der Waals surface area (Å²) in [5, 5.41) is 4.66. The SMILES string of the molecule is CC(C)C[C@@H]1N=C(c2ccccc2Cl)c2cc(Cl)ccc2NC1=S. The number of nitrogens with one attached hydrogen (secondary N) is 1. The summed E-state index contributed by atoms with van der Waals surface area (Å²) < 4.78 is 0. The van der Waals surface area contributed by atoms with Gasteiger partial charge in [0.05, 0.1) is 5.71 Å². The number of hydrogen-bond donors (Lipinski definition) is 1. The molecule has 0 bridgehead atoms. The van der Waals surface area contributed by atoms with Gasteiger partial charge in [-0.2, -0.15) is 0 Å². The molecule has 1 aliphatic heterocycles. The second-order valence-electron chi connectivity index (χ2n) is 6.28. The highest BCUT2D eigenvalue weighted by Gasteiger charge is 2.25. The number of anilines is 1. The monoisotopic (exact) mass is 376 g/mol. The first-order valence-corrected chi connectivity index (χ1v) is 9.05. The van der Waals surface area contributed by atoms with Gasteiger partial charge in [-0.1, -0.05) is 67.5 Å². The maximum atomic E-state index is 6.44. The smallest absolute Gasteiger partial charge is 0.105 e. The van der Waals surface area contributed by atoms with E-state index < -0.39 is 0 Å². The number of benzodiazepines with no additional fused rings is 1. The molecule has 1 aliphatic rings. The molecule has 0 saturated carbocycles. The Balaban J connectivity index is 2.21. The van der Waals surface area contributed by atoms with Crippen LogP contribution < -0.4 is 5.32 Å². The van der Waals surface area contributed by atoms with E-state index in [-0.39, 0.29) is 6.04 Å². The number of benzene rings is 2. The van der Waals surface area contributed by atoms with Gasteiger partial charge in [0, 0.05) is 26.9 Å². The van der Waals surface area contributed by atoms with Gasteiger partial charge in [-0.25, -0.2) is 0 Å². The lowest BCUT2D eigenvalue weighted by Crippen LogP contribution is -2.25. The standard InChI is InChI=1S/C19H18Cl2N2S/c1-11(2)9-17-19(24)23-16-8-7-12(20)10-14(16)18(22-17)13-5-3-4-6-15(13)21/h3-8,10-11,17H,9H2,1-2H3,(H,23,24)/t17-/m0/s1. The molecule has 1 atom stereocenters. The first-order chi connectivity index (χ1) is 11.5. The van der Waals surface area contributed by atoms with Gasteiger partial charge in [0.25, 0.3) is 0 Å². The highest BCUT2D eigenvalue weighted by molar-refractivity contribution is 7.80. The fourth-order valence-electron chi connectivity index (χ4n) is 2.80. The van der Waals surface area contributed by atoms with Crippen molar-refractivity contribution < 1.29 is 0 Å². The van der Waals surface area contributed by atoms with Crippen molar-refractivity contribution in [1.82, 2.24) is 0 Å². The first kappa shape index (κ1) is 17.4. The van der Waals surface area contributed by atoms with Crippen molar-refractivity contribution >= 4 is 51.8 Å². The highest BCUT2D eigenvalue weighted by atomic mass is 35.5. The van der Waals surface area contributed by atoms with Gasteiger partial charge >= 0.3 is 0 Å². The van der Waals surface area contributed by atoms with Crippen molar-refractivity contribution in [3.63, 3.8) is 0 Å². The van der Waals surface area contributed by atoms with Crippen LogP contribution in [-0.2, 0) is 0 Å². The van der Waals surface area contributed by atoms with Crippen molar-refractivity contribution in [3.05, 3.63) is 63.6 Å². The summed E-state index contributed by atoms with van der Waals surface area (Å²) in [7, 11) is 0. The van der Waals surface area contributed by atoms with E-state index in [1.807, 2.05) is 42.5 Å². The molecule has 3 rings (SSSR count). The zero-order chi connectivity index (χ0) is 17.3. The Bertz CT molecular complexity index is 815. The molecule has 0 aromatic heterocycles. The molecule has 124 valence electrons. The molecule has 2 nitrogen and oxygen atoms in total. The van der Waals surface area contributed by atoms with Gasteiger partial charge in [0.1, 0.15) is 11.0 Å². The topological polar surface area (TPSA) is 24.4 Å². The first-order valence-electron chi connectivity index (χ1n) is 7.89. The largest absolute Gasteiger partial charge is 0.348 e. The molecule has 5 heteroatoms. The van der Waals surface area contributed by atoms with Crippen LogP contribution in [0.4, 0.5) is 5.69 Å². The quantitative estimate of drug-likeness (QED) is 0.664. The van der Waals surface area contributed by atoms with Crippen molar-refractivity contribution in [3.8, 4) is 0 Å². The van der Waals surface area contributed by atoms with Gasteiger partial charge in [0.2, 0.25) is 0 Å². The van der Waals surface area contributed by atoms with Crippen LogP contribution in [0.5, 0.6) is 0 Å². The van der Waals surface area contributed by atoms with E-state index in [4.69, 9.17) is 40.4 Å². The zero-order valence-corrected chi connectivity index (χ0v) is 15.8. The van der Waals surface area contributed by atoms with Crippen LogP contribution >= 0.6 is 35.4 Å². The van der Waals surface area contributed by atoms with Gasteiger partial charge in [-0.15, -0.1) is 0 Å². The van der Waals surface area contributed by atoms with Crippen LogP contribution in [0, 0.1) is 5.92 Å². The minimum atomic E-state index is -0.0857. The Hall–Kier alpha value is -1.42. The number of rotatable bonds is 3. The van der Waals surface area contributed by atoms with E-state index >= 15 is 0 Å². The normalized spacial score (nSPS) is 17.1. The molecule has 2 aromatic rings. The van der Waals surface area contributed by atoms with Gasteiger partial charge in [0.15, 0.2) is 0 Å². The Labute approximate surface area is 157 Å². The predicted molar refractivity (Wildman–Crippen MR) is 108 cm³/mol. The van der Waals surface area contributed by atoms with E-state index in [0.717, 1.165) is 33.9 Å². The Kier molecular flexibility index (Phi) is 5.24. The van der Waals surface area contributed by atoms with E-state index in [9.17, 15) is 0 Å². The average molecular weight is 377 g/mol. The molecule has 0 saturated heterocycles. The molecule has 0 spiro atoms. The van der Waals surface area contributed by atoms with Crippen LogP contribution in [-0.4, -0.2) is 16.7 Å². The van der Waals surface area contributed by atoms with Crippen LogP contribution in [0.2, 0.25) is 10.0 Å².